The van der Waals surface area contributed by atoms with Gasteiger partial charge >= 0.3 is 0 Å². The predicted molar refractivity (Wildman–Crippen MR) is 74.5 cm³/mol. The number of aromatic hydroxyl groups is 1. The molecule has 0 saturated heterocycles. The number of phenolic OH excluding ortho intramolecular Hbond substituents is 1. The Morgan fingerprint density at radius 3 is 2.32 bits per heavy atom. The minimum atomic E-state index is -0.467. The van der Waals surface area contributed by atoms with Crippen LogP contribution in [-0.2, 0) is 0 Å². The van der Waals surface area contributed by atoms with Crippen LogP contribution in [0.1, 0.15) is 15.9 Å². The van der Waals surface area contributed by atoms with Crippen LogP contribution in [0.2, 0.25) is 5.02 Å². The first-order valence-electron chi connectivity index (χ1n) is 5.57. The maximum atomic E-state index is 11.9. The van der Waals surface area contributed by atoms with Crippen molar-refractivity contribution in [3.63, 3.8) is 0 Å². The number of carbonyl (C=O) groups is 1. The molecule has 0 aliphatic heterocycles. The summed E-state index contributed by atoms with van der Waals surface area (Å²) in [6, 6.07) is 12.6. The SMILES string of the molecule is O=C(/C=C(\O)c1ccc(Cl)cc1)c1ccccc1O. The molecule has 96 valence electrons. The molecule has 0 saturated carbocycles. The molecule has 0 aromatic heterocycles. The zero-order valence-electron chi connectivity index (χ0n) is 9.88. The summed E-state index contributed by atoms with van der Waals surface area (Å²) in [6.45, 7) is 0. The van der Waals surface area contributed by atoms with Gasteiger partial charge in [0.2, 0.25) is 0 Å². The van der Waals surface area contributed by atoms with Crippen LogP contribution in [0.5, 0.6) is 5.75 Å². The molecule has 0 spiro atoms. The van der Waals surface area contributed by atoms with Gasteiger partial charge in [-0.3, -0.25) is 4.79 Å². The number of hydrogen-bond donors (Lipinski definition) is 2. The Balaban J connectivity index is 2.28. The predicted octanol–water partition coefficient (Wildman–Crippen LogP) is 3.83. The van der Waals surface area contributed by atoms with Crippen molar-refractivity contribution in [2.75, 3.05) is 0 Å². The van der Waals surface area contributed by atoms with Gasteiger partial charge in [0.1, 0.15) is 11.5 Å². The average molecular weight is 275 g/mol. The van der Waals surface area contributed by atoms with Crippen LogP contribution in [0, 0.1) is 0 Å². The quantitative estimate of drug-likeness (QED) is 0.508. The molecular formula is C15H11ClO3. The van der Waals surface area contributed by atoms with E-state index in [0.29, 0.717) is 10.6 Å². The number of benzene rings is 2. The smallest absolute Gasteiger partial charge is 0.193 e. The van der Waals surface area contributed by atoms with E-state index in [2.05, 4.69) is 0 Å². The molecule has 2 rings (SSSR count). The molecule has 0 bridgehead atoms. The van der Waals surface area contributed by atoms with Gasteiger partial charge in [-0.2, -0.15) is 0 Å². The second-order valence-corrected chi connectivity index (χ2v) is 4.35. The van der Waals surface area contributed by atoms with Gasteiger partial charge in [-0.05, 0) is 36.4 Å². The zero-order valence-corrected chi connectivity index (χ0v) is 10.6. The van der Waals surface area contributed by atoms with Crippen LogP contribution < -0.4 is 0 Å². The van der Waals surface area contributed by atoms with Crippen LogP contribution in [0.15, 0.2) is 54.6 Å². The Morgan fingerprint density at radius 2 is 1.68 bits per heavy atom. The number of para-hydroxylation sites is 1. The van der Waals surface area contributed by atoms with Crippen molar-refractivity contribution in [2.24, 2.45) is 0 Å². The molecule has 0 amide bonds. The molecule has 0 heterocycles. The van der Waals surface area contributed by atoms with E-state index in [9.17, 15) is 15.0 Å². The lowest BCUT2D eigenvalue weighted by Gasteiger charge is -2.02. The Morgan fingerprint density at radius 1 is 1.05 bits per heavy atom. The van der Waals surface area contributed by atoms with Gasteiger partial charge in [0, 0.05) is 16.7 Å². The Kier molecular flexibility index (Phi) is 3.88. The normalized spacial score (nSPS) is 11.3. The van der Waals surface area contributed by atoms with Gasteiger partial charge < -0.3 is 10.2 Å². The lowest BCUT2D eigenvalue weighted by Crippen LogP contribution is -1.97. The van der Waals surface area contributed by atoms with E-state index in [1.54, 1.807) is 36.4 Å². The van der Waals surface area contributed by atoms with E-state index < -0.39 is 5.78 Å². The summed E-state index contributed by atoms with van der Waals surface area (Å²) in [6.07, 6.45) is 1.07. The number of allylic oxidation sites excluding steroid dienone is 1. The van der Waals surface area contributed by atoms with Crippen molar-refractivity contribution >= 4 is 23.1 Å². The summed E-state index contributed by atoms with van der Waals surface area (Å²) in [7, 11) is 0. The van der Waals surface area contributed by atoms with Crippen molar-refractivity contribution in [1.82, 2.24) is 0 Å². The lowest BCUT2D eigenvalue weighted by atomic mass is 10.1. The second-order valence-electron chi connectivity index (χ2n) is 3.92. The first-order chi connectivity index (χ1) is 9.08. The fraction of sp³-hybridized carbons (Fsp3) is 0. The molecular weight excluding hydrogens is 264 g/mol. The fourth-order valence-corrected chi connectivity index (χ4v) is 1.71. The molecule has 0 aliphatic rings. The molecule has 0 unspecified atom stereocenters. The number of carbonyl (C=O) groups excluding carboxylic acids is 1. The van der Waals surface area contributed by atoms with Crippen LogP contribution in [0.4, 0.5) is 0 Å². The lowest BCUT2D eigenvalue weighted by molar-refractivity contribution is 0.104. The highest BCUT2D eigenvalue weighted by molar-refractivity contribution is 6.30. The molecule has 3 nitrogen and oxygen atoms in total. The number of phenols is 1. The largest absolute Gasteiger partial charge is 0.507 e. The highest BCUT2D eigenvalue weighted by Gasteiger charge is 2.09. The number of rotatable bonds is 3. The van der Waals surface area contributed by atoms with E-state index in [4.69, 9.17) is 11.6 Å². The number of aliphatic hydroxyl groups is 1. The highest BCUT2D eigenvalue weighted by Crippen LogP contribution is 2.20. The maximum Gasteiger partial charge on any atom is 0.193 e. The van der Waals surface area contributed by atoms with Gasteiger partial charge in [-0.25, -0.2) is 0 Å². The molecule has 0 aliphatic carbocycles. The number of hydrogen-bond acceptors (Lipinski definition) is 3. The summed E-state index contributed by atoms with van der Waals surface area (Å²) < 4.78 is 0. The molecule has 4 heteroatoms. The minimum absolute atomic E-state index is 0.118. The third-order valence-corrected chi connectivity index (χ3v) is 2.83. The highest BCUT2D eigenvalue weighted by atomic mass is 35.5. The van der Waals surface area contributed by atoms with Crippen LogP contribution in [-0.4, -0.2) is 16.0 Å². The molecule has 2 aromatic carbocycles. The van der Waals surface area contributed by atoms with E-state index in [1.165, 1.54) is 12.1 Å². The first kappa shape index (κ1) is 13.2. The number of ketones is 1. The van der Waals surface area contributed by atoms with Crippen molar-refractivity contribution in [1.29, 1.82) is 0 Å². The van der Waals surface area contributed by atoms with Gasteiger partial charge in [0.15, 0.2) is 5.78 Å². The van der Waals surface area contributed by atoms with E-state index in [-0.39, 0.29) is 17.1 Å². The van der Waals surface area contributed by atoms with E-state index in [0.717, 1.165) is 6.08 Å². The zero-order chi connectivity index (χ0) is 13.8. The maximum absolute atomic E-state index is 11.9. The summed E-state index contributed by atoms with van der Waals surface area (Å²) in [5.41, 5.74) is 0.621. The standard InChI is InChI=1S/C15H11ClO3/c16-11-7-5-10(6-8-11)14(18)9-15(19)12-3-1-2-4-13(12)17/h1-9,17-18H/b14-9-. The van der Waals surface area contributed by atoms with Crippen molar-refractivity contribution < 1.29 is 15.0 Å². The number of halogens is 1. The Hall–Kier alpha value is -2.26. The first-order valence-corrected chi connectivity index (χ1v) is 5.94. The van der Waals surface area contributed by atoms with E-state index in [1.807, 2.05) is 0 Å². The summed E-state index contributed by atoms with van der Waals surface area (Å²) in [5.74, 6) is -0.761. The summed E-state index contributed by atoms with van der Waals surface area (Å²) in [5, 5.41) is 19.9. The summed E-state index contributed by atoms with van der Waals surface area (Å²) >= 11 is 5.74. The second kappa shape index (κ2) is 5.59. The van der Waals surface area contributed by atoms with Crippen molar-refractivity contribution in [2.45, 2.75) is 0 Å². The topological polar surface area (TPSA) is 57.5 Å². The van der Waals surface area contributed by atoms with Crippen LogP contribution in [0.3, 0.4) is 0 Å². The monoisotopic (exact) mass is 274 g/mol. The molecule has 2 aromatic rings. The molecule has 0 radical (unpaired) electrons. The third kappa shape index (κ3) is 3.14. The van der Waals surface area contributed by atoms with E-state index >= 15 is 0 Å². The van der Waals surface area contributed by atoms with Crippen LogP contribution >= 0.6 is 11.6 Å². The number of aliphatic hydroxyl groups excluding tert-OH is 1. The average Bonchev–Trinajstić information content (AvgIpc) is 2.39. The minimum Gasteiger partial charge on any atom is -0.507 e. The van der Waals surface area contributed by atoms with Crippen molar-refractivity contribution in [3.05, 3.63) is 70.8 Å². The Bertz CT molecular complexity index is 630. The fourth-order valence-electron chi connectivity index (χ4n) is 1.59. The van der Waals surface area contributed by atoms with Gasteiger partial charge in [0.05, 0.1) is 5.56 Å². The Labute approximate surface area is 115 Å². The van der Waals surface area contributed by atoms with Gasteiger partial charge in [0.25, 0.3) is 0 Å². The van der Waals surface area contributed by atoms with Crippen LogP contribution in [0.25, 0.3) is 5.76 Å². The van der Waals surface area contributed by atoms with Crippen molar-refractivity contribution in [3.8, 4) is 5.75 Å². The molecule has 0 atom stereocenters. The molecule has 19 heavy (non-hydrogen) atoms. The third-order valence-electron chi connectivity index (χ3n) is 2.58. The van der Waals surface area contributed by atoms with Gasteiger partial charge in [-0.1, -0.05) is 23.7 Å². The molecule has 2 N–H and O–H groups in total. The summed E-state index contributed by atoms with van der Waals surface area (Å²) in [4.78, 5) is 11.9. The van der Waals surface area contributed by atoms with Gasteiger partial charge in [-0.15, -0.1) is 0 Å². The molecule has 0 fully saturated rings.